The third-order valence-corrected chi connectivity index (χ3v) is 3.87. The van der Waals surface area contributed by atoms with Crippen LogP contribution in [0.4, 0.5) is 0 Å². The lowest BCUT2D eigenvalue weighted by Crippen LogP contribution is -2.40. The van der Waals surface area contributed by atoms with E-state index < -0.39 is 0 Å². The van der Waals surface area contributed by atoms with Crippen molar-refractivity contribution in [3.05, 3.63) is 22.4 Å². The minimum absolute atomic E-state index is 0.0303. The summed E-state index contributed by atoms with van der Waals surface area (Å²) in [4.78, 5) is 26.3. The quantitative estimate of drug-likeness (QED) is 0.739. The van der Waals surface area contributed by atoms with E-state index in [1.165, 1.54) is 7.11 Å². The number of nitrogens with zero attached hydrogens (tertiary/aromatic N) is 1. The summed E-state index contributed by atoms with van der Waals surface area (Å²) in [6.07, 6.45) is 0. The summed E-state index contributed by atoms with van der Waals surface area (Å²) in [6, 6.07) is 3.95. The average molecular weight is 298 g/mol. The van der Waals surface area contributed by atoms with E-state index in [-0.39, 0.29) is 17.8 Å². The van der Waals surface area contributed by atoms with E-state index in [1.807, 2.05) is 29.3 Å². The van der Waals surface area contributed by atoms with Gasteiger partial charge in [-0.1, -0.05) is 19.9 Å². The summed E-state index contributed by atoms with van der Waals surface area (Å²) in [5, 5.41) is 4.86. The highest BCUT2D eigenvalue weighted by atomic mass is 32.1. The van der Waals surface area contributed by atoms with Gasteiger partial charge < -0.3 is 10.1 Å². The summed E-state index contributed by atoms with van der Waals surface area (Å²) >= 11 is 1.62. The van der Waals surface area contributed by atoms with Gasteiger partial charge in [0.1, 0.15) is 0 Å². The third-order valence-electron chi connectivity index (χ3n) is 2.99. The number of carbonyl (C=O) groups is 2. The van der Waals surface area contributed by atoms with Gasteiger partial charge in [0.25, 0.3) is 0 Å². The molecule has 6 heteroatoms. The van der Waals surface area contributed by atoms with Crippen LogP contribution in [0.25, 0.3) is 0 Å². The predicted octanol–water partition coefficient (Wildman–Crippen LogP) is 1.50. The lowest BCUT2D eigenvalue weighted by molar-refractivity contribution is -0.145. The lowest BCUT2D eigenvalue weighted by atomic mass is 10.1. The molecular formula is C14H22N2O3S. The molecule has 1 heterocycles. The highest BCUT2D eigenvalue weighted by molar-refractivity contribution is 7.09. The maximum atomic E-state index is 11.9. The Morgan fingerprint density at radius 1 is 1.50 bits per heavy atom. The second kappa shape index (κ2) is 8.71. The second-order valence-corrected chi connectivity index (χ2v) is 5.64. The fraction of sp³-hybridized carbons (Fsp3) is 0.571. The Balaban J connectivity index is 2.35. The number of carbonyl (C=O) groups excluding carboxylic acids is 2. The molecule has 1 aromatic heterocycles. The first-order chi connectivity index (χ1) is 9.56. The van der Waals surface area contributed by atoms with Gasteiger partial charge in [0.2, 0.25) is 5.91 Å². The summed E-state index contributed by atoms with van der Waals surface area (Å²) in [5.74, 6) is -0.509. The van der Waals surface area contributed by atoms with Gasteiger partial charge in [0, 0.05) is 11.4 Å². The van der Waals surface area contributed by atoms with Gasteiger partial charge in [0.05, 0.1) is 26.1 Å². The Hall–Kier alpha value is -1.40. The first kappa shape index (κ1) is 16.7. The number of hydrogen-bond donors (Lipinski definition) is 1. The average Bonchev–Trinajstić information content (AvgIpc) is 2.96. The first-order valence-electron chi connectivity index (χ1n) is 6.66. The normalized spacial score (nSPS) is 12.2. The molecule has 0 spiro atoms. The van der Waals surface area contributed by atoms with Crippen molar-refractivity contribution < 1.29 is 14.3 Å². The van der Waals surface area contributed by atoms with Crippen LogP contribution >= 0.6 is 11.3 Å². The topological polar surface area (TPSA) is 58.6 Å². The lowest BCUT2D eigenvalue weighted by Gasteiger charge is -2.22. The number of likely N-dealkylation sites (N-methyl/N-ethyl adjacent to an activating group) is 1. The van der Waals surface area contributed by atoms with Crippen LogP contribution in [-0.2, 0) is 20.9 Å². The van der Waals surface area contributed by atoms with Crippen LogP contribution in [0.5, 0.6) is 0 Å². The molecule has 5 nitrogen and oxygen atoms in total. The SMILES string of the molecule is CCN(CC(=O)NCc1cccs1)CC(C)C(=O)OC. The molecule has 0 saturated carbocycles. The van der Waals surface area contributed by atoms with Gasteiger partial charge in [0.15, 0.2) is 0 Å². The third kappa shape index (κ3) is 5.71. The number of nitrogens with one attached hydrogen (secondary N) is 1. The van der Waals surface area contributed by atoms with E-state index in [4.69, 9.17) is 4.74 Å². The van der Waals surface area contributed by atoms with Gasteiger partial charge in [-0.05, 0) is 18.0 Å². The first-order valence-corrected chi connectivity index (χ1v) is 7.54. The summed E-state index contributed by atoms with van der Waals surface area (Å²) in [7, 11) is 1.38. The maximum absolute atomic E-state index is 11.9. The van der Waals surface area contributed by atoms with Crippen LogP contribution < -0.4 is 5.32 Å². The molecule has 1 atom stereocenters. The van der Waals surface area contributed by atoms with Crippen LogP contribution in [-0.4, -0.2) is 43.5 Å². The predicted molar refractivity (Wildman–Crippen MR) is 79.5 cm³/mol. The fourth-order valence-electron chi connectivity index (χ4n) is 1.83. The van der Waals surface area contributed by atoms with Crippen LogP contribution in [0.3, 0.4) is 0 Å². The molecule has 1 aromatic rings. The van der Waals surface area contributed by atoms with Crippen molar-refractivity contribution in [2.75, 3.05) is 26.7 Å². The number of rotatable bonds is 8. The van der Waals surface area contributed by atoms with E-state index in [0.29, 0.717) is 26.2 Å². The van der Waals surface area contributed by atoms with Crippen molar-refractivity contribution >= 4 is 23.2 Å². The van der Waals surface area contributed by atoms with E-state index in [2.05, 4.69) is 5.32 Å². The molecule has 0 aromatic carbocycles. The molecule has 1 rings (SSSR count). The monoisotopic (exact) mass is 298 g/mol. The summed E-state index contributed by atoms with van der Waals surface area (Å²) < 4.78 is 4.69. The van der Waals surface area contributed by atoms with Gasteiger partial charge in [-0.25, -0.2) is 0 Å². The van der Waals surface area contributed by atoms with Gasteiger partial charge in [-0.3, -0.25) is 14.5 Å². The number of thiophene rings is 1. The standard InChI is InChI=1S/C14H22N2O3S/c1-4-16(9-11(2)14(18)19-3)10-13(17)15-8-12-6-5-7-20-12/h5-7,11H,4,8-10H2,1-3H3,(H,15,17). The smallest absolute Gasteiger partial charge is 0.309 e. The molecule has 0 radical (unpaired) electrons. The van der Waals surface area contributed by atoms with Crippen LogP contribution in [0.15, 0.2) is 17.5 Å². The highest BCUT2D eigenvalue weighted by Gasteiger charge is 2.18. The zero-order valence-corrected chi connectivity index (χ0v) is 13.0. The molecule has 0 aliphatic carbocycles. The van der Waals surface area contributed by atoms with Gasteiger partial charge >= 0.3 is 5.97 Å². The molecule has 0 fully saturated rings. The molecule has 1 N–H and O–H groups in total. The Kier molecular flexibility index (Phi) is 7.25. The van der Waals surface area contributed by atoms with Crippen LogP contribution in [0, 0.1) is 5.92 Å². The largest absolute Gasteiger partial charge is 0.469 e. The maximum Gasteiger partial charge on any atom is 0.309 e. The Bertz CT molecular complexity index is 420. The van der Waals surface area contributed by atoms with Gasteiger partial charge in [-0.2, -0.15) is 0 Å². The molecule has 1 unspecified atom stereocenters. The highest BCUT2D eigenvalue weighted by Crippen LogP contribution is 2.07. The Morgan fingerprint density at radius 2 is 2.25 bits per heavy atom. The minimum Gasteiger partial charge on any atom is -0.469 e. The fourth-order valence-corrected chi connectivity index (χ4v) is 2.47. The van der Waals surface area contributed by atoms with Crippen molar-refractivity contribution in [2.45, 2.75) is 20.4 Å². The number of esters is 1. The van der Waals surface area contributed by atoms with Crippen molar-refractivity contribution in [3.8, 4) is 0 Å². The molecule has 0 saturated heterocycles. The van der Waals surface area contributed by atoms with E-state index in [0.717, 1.165) is 4.88 Å². The molecular weight excluding hydrogens is 276 g/mol. The van der Waals surface area contributed by atoms with Crippen molar-refractivity contribution in [1.29, 1.82) is 0 Å². The molecule has 1 amide bonds. The van der Waals surface area contributed by atoms with E-state index in [1.54, 1.807) is 18.3 Å². The van der Waals surface area contributed by atoms with Crippen LogP contribution in [0.2, 0.25) is 0 Å². The van der Waals surface area contributed by atoms with Crippen molar-refractivity contribution in [3.63, 3.8) is 0 Å². The molecule has 20 heavy (non-hydrogen) atoms. The molecule has 112 valence electrons. The van der Waals surface area contributed by atoms with Crippen molar-refractivity contribution in [1.82, 2.24) is 10.2 Å². The van der Waals surface area contributed by atoms with Crippen molar-refractivity contribution in [2.24, 2.45) is 5.92 Å². The summed E-state index contributed by atoms with van der Waals surface area (Å²) in [6.45, 7) is 5.86. The van der Waals surface area contributed by atoms with Crippen LogP contribution in [0.1, 0.15) is 18.7 Å². The van der Waals surface area contributed by atoms with Gasteiger partial charge in [-0.15, -0.1) is 11.3 Å². The molecule has 0 aliphatic rings. The zero-order chi connectivity index (χ0) is 15.0. The van der Waals surface area contributed by atoms with E-state index in [9.17, 15) is 9.59 Å². The number of methoxy groups -OCH3 is 1. The second-order valence-electron chi connectivity index (χ2n) is 4.61. The number of hydrogen-bond acceptors (Lipinski definition) is 5. The Labute approximate surface area is 123 Å². The van der Waals surface area contributed by atoms with E-state index >= 15 is 0 Å². The summed E-state index contributed by atoms with van der Waals surface area (Å²) in [5.41, 5.74) is 0. The zero-order valence-electron chi connectivity index (χ0n) is 12.2. The number of ether oxygens (including phenoxy) is 1. The Morgan fingerprint density at radius 3 is 2.80 bits per heavy atom. The molecule has 0 aliphatic heterocycles. The molecule has 0 bridgehead atoms. The minimum atomic E-state index is -0.248. The number of amides is 1.